The van der Waals surface area contributed by atoms with Gasteiger partial charge in [0.1, 0.15) is 0 Å². The molecule has 0 saturated carbocycles. The largest absolute Gasteiger partial charge is 0.322 e. The predicted molar refractivity (Wildman–Crippen MR) is 113 cm³/mol. The number of amides is 2. The summed E-state index contributed by atoms with van der Waals surface area (Å²) in [5.41, 5.74) is 2.48. The van der Waals surface area contributed by atoms with Crippen LogP contribution in [0.3, 0.4) is 0 Å². The number of halogens is 1. The second-order valence-electron chi connectivity index (χ2n) is 6.81. The Balaban J connectivity index is 1.51. The summed E-state index contributed by atoms with van der Waals surface area (Å²) in [4.78, 5) is 26.9. The average molecular weight is 414 g/mol. The standard InChI is InChI=1S/C21H20ClN3O2S/c22-18-5-2-1-4-15(18)12-24-13-17(7-8-20(24)26)23-21(27)25-10-3-6-19(25)16-9-11-28-14-16/h1-2,4-5,7-9,11,13-14,19H,3,6,10,12H2,(H,23,27)/t19-/m1/s1. The second kappa shape index (κ2) is 8.20. The zero-order valence-electron chi connectivity index (χ0n) is 15.2. The van der Waals surface area contributed by atoms with E-state index >= 15 is 0 Å². The minimum atomic E-state index is -0.143. The highest BCUT2D eigenvalue weighted by Gasteiger charge is 2.30. The number of nitrogens with zero attached hydrogens (tertiary/aromatic N) is 2. The third-order valence-corrected chi connectivity index (χ3v) is 6.05. The Labute approximate surface area is 172 Å². The molecule has 4 rings (SSSR count). The van der Waals surface area contributed by atoms with Gasteiger partial charge in [-0.15, -0.1) is 0 Å². The Kier molecular flexibility index (Phi) is 5.50. The van der Waals surface area contributed by atoms with E-state index < -0.39 is 0 Å². The summed E-state index contributed by atoms with van der Waals surface area (Å²) in [6.07, 6.45) is 3.62. The molecule has 1 aliphatic rings. The number of anilines is 1. The Morgan fingerprint density at radius 1 is 1.21 bits per heavy atom. The molecule has 1 atom stereocenters. The number of rotatable bonds is 4. The number of thiophene rings is 1. The van der Waals surface area contributed by atoms with Crippen molar-refractivity contribution in [2.75, 3.05) is 11.9 Å². The topological polar surface area (TPSA) is 54.3 Å². The summed E-state index contributed by atoms with van der Waals surface area (Å²) in [5.74, 6) is 0. The zero-order valence-corrected chi connectivity index (χ0v) is 16.7. The van der Waals surface area contributed by atoms with E-state index in [0.29, 0.717) is 17.3 Å². The first-order valence-electron chi connectivity index (χ1n) is 9.15. The van der Waals surface area contributed by atoms with Gasteiger partial charge in [0.25, 0.3) is 5.56 Å². The highest BCUT2D eigenvalue weighted by molar-refractivity contribution is 7.08. The van der Waals surface area contributed by atoms with E-state index in [-0.39, 0.29) is 17.6 Å². The van der Waals surface area contributed by atoms with Crippen LogP contribution in [-0.4, -0.2) is 22.0 Å². The fourth-order valence-corrected chi connectivity index (χ4v) is 4.46. The van der Waals surface area contributed by atoms with Crippen molar-refractivity contribution >= 4 is 34.7 Å². The van der Waals surface area contributed by atoms with Crippen molar-refractivity contribution in [3.8, 4) is 0 Å². The van der Waals surface area contributed by atoms with Gasteiger partial charge in [0, 0.05) is 23.8 Å². The molecule has 1 fully saturated rings. The molecule has 5 nitrogen and oxygen atoms in total. The summed E-state index contributed by atoms with van der Waals surface area (Å²) < 4.78 is 1.55. The maximum atomic E-state index is 12.8. The number of carbonyl (C=O) groups excluding carboxylic acids is 1. The van der Waals surface area contributed by atoms with Crippen molar-refractivity contribution in [1.29, 1.82) is 0 Å². The number of hydrogen-bond acceptors (Lipinski definition) is 3. The van der Waals surface area contributed by atoms with E-state index in [2.05, 4.69) is 16.8 Å². The summed E-state index contributed by atoms with van der Waals surface area (Å²) in [6, 6.07) is 12.6. The third kappa shape index (κ3) is 3.98. The fraction of sp³-hybridized carbons (Fsp3) is 0.238. The minimum Gasteiger partial charge on any atom is -0.317 e. The molecule has 2 aromatic heterocycles. The van der Waals surface area contributed by atoms with Gasteiger partial charge in [-0.2, -0.15) is 11.3 Å². The van der Waals surface area contributed by atoms with Crippen LogP contribution in [0.4, 0.5) is 10.5 Å². The Hall–Kier alpha value is -2.57. The number of benzene rings is 1. The van der Waals surface area contributed by atoms with Crippen molar-refractivity contribution in [2.45, 2.75) is 25.4 Å². The van der Waals surface area contributed by atoms with Gasteiger partial charge in [-0.25, -0.2) is 4.79 Å². The number of urea groups is 1. The van der Waals surface area contributed by atoms with Gasteiger partial charge in [-0.3, -0.25) is 4.79 Å². The van der Waals surface area contributed by atoms with Crippen molar-refractivity contribution < 1.29 is 4.79 Å². The SMILES string of the molecule is O=C(Nc1ccc(=O)n(Cc2ccccc2Cl)c1)N1CCC[C@@H]1c1ccsc1. The number of pyridine rings is 1. The fourth-order valence-electron chi connectivity index (χ4n) is 3.56. The molecule has 0 unspecified atom stereocenters. The van der Waals surface area contributed by atoms with Gasteiger partial charge in [0.15, 0.2) is 0 Å². The molecule has 3 aromatic rings. The lowest BCUT2D eigenvalue weighted by Gasteiger charge is -2.24. The van der Waals surface area contributed by atoms with E-state index in [1.807, 2.05) is 28.5 Å². The molecule has 0 aliphatic carbocycles. The van der Waals surface area contributed by atoms with E-state index in [1.165, 1.54) is 11.6 Å². The minimum absolute atomic E-state index is 0.111. The van der Waals surface area contributed by atoms with Crippen molar-refractivity contribution in [3.63, 3.8) is 0 Å². The van der Waals surface area contributed by atoms with E-state index in [9.17, 15) is 9.59 Å². The van der Waals surface area contributed by atoms with E-state index in [4.69, 9.17) is 11.6 Å². The molecule has 7 heteroatoms. The maximum absolute atomic E-state index is 12.8. The molecule has 0 spiro atoms. The quantitative estimate of drug-likeness (QED) is 0.655. The Morgan fingerprint density at radius 2 is 2.07 bits per heavy atom. The van der Waals surface area contributed by atoms with Crippen molar-refractivity contribution in [3.05, 3.63) is 85.9 Å². The molecule has 0 radical (unpaired) electrons. The van der Waals surface area contributed by atoms with Crippen LogP contribution < -0.4 is 10.9 Å². The van der Waals surface area contributed by atoms with E-state index in [1.54, 1.807) is 34.2 Å². The van der Waals surface area contributed by atoms with Crippen molar-refractivity contribution in [1.82, 2.24) is 9.47 Å². The molecule has 1 aliphatic heterocycles. The lowest BCUT2D eigenvalue weighted by molar-refractivity contribution is 0.207. The normalized spacial score (nSPS) is 16.3. The zero-order chi connectivity index (χ0) is 19.5. The van der Waals surface area contributed by atoms with Crippen molar-refractivity contribution in [2.24, 2.45) is 0 Å². The molecule has 1 saturated heterocycles. The van der Waals surface area contributed by atoms with Gasteiger partial charge in [-0.1, -0.05) is 29.8 Å². The molecule has 2 amide bonds. The first-order chi connectivity index (χ1) is 13.6. The molecular formula is C21H20ClN3O2S. The van der Waals surface area contributed by atoms with Crippen LogP contribution in [0.1, 0.15) is 30.0 Å². The summed E-state index contributed by atoms with van der Waals surface area (Å²) >= 11 is 7.85. The monoisotopic (exact) mass is 413 g/mol. The third-order valence-electron chi connectivity index (χ3n) is 4.97. The number of hydrogen-bond donors (Lipinski definition) is 1. The number of aromatic nitrogens is 1. The highest BCUT2D eigenvalue weighted by Crippen LogP contribution is 2.33. The van der Waals surface area contributed by atoms with Crippen LogP contribution in [0.25, 0.3) is 0 Å². The van der Waals surface area contributed by atoms with Gasteiger partial charge >= 0.3 is 6.03 Å². The first kappa shape index (κ1) is 18.8. The van der Waals surface area contributed by atoms with E-state index in [0.717, 1.165) is 24.9 Å². The summed E-state index contributed by atoms with van der Waals surface area (Å²) in [5, 5.41) is 7.69. The van der Waals surface area contributed by atoms with Crippen LogP contribution >= 0.6 is 22.9 Å². The van der Waals surface area contributed by atoms with Crippen LogP contribution in [0.5, 0.6) is 0 Å². The molecular weight excluding hydrogens is 394 g/mol. The van der Waals surface area contributed by atoms with Crippen LogP contribution in [0.2, 0.25) is 5.02 Å². The number of likely N-dealkylation sites (tertiary alicyclic amines) is 1. The number of carbonyl (C=O) groups is 1. The first-order valence-corrected chi connectivity index (χ1v) is 10.5. The molecule has 0 bridgehead atoms. The predicted octanol–water partition coefficient (Wildman–Crippen LogP) is 4.98. The van der Waals surface area contributed by atoms with Gasteiger partial charge < -0.3 is 14.8 Å². The van der Waals surface area contributed by atoms with Crippen LogP contribution in [-0.2, 0) is 6.54 Å². The number of nitrogens with one attached hydrogen (secondary N) is 1. The highest BCUT2D eigenvalue weighted by atomic mass is 35.5. The smallest absolute Gasteiger partial charge is 0.317 e. The molecule has 28 heavy (non-hydrogen) atoms. The van der Waals surface area contributed by atoms with Gasteiger partial charge in [0.2, 0.25) is 0 Å². The average Bonchev–Trinajstić information content (AvgIpc) is 3.37. The van der Waals surface area contributed by atoms with Crippen LogP contribution in [0.15, 0.2) is 64.2 Å². The molecule has 3 heterocycles. The second-order valence-corrected chi connectivity index (χ2v) is 8.00. The Bertz CT molecular complexity index is 1030. The Morgan fingerprint density at radius 3 is 2.86 bits per heavy atom. The summed E-state index contributed by atoms with van der Waals surface area (Å²) in [6.45, 7) is 1.08. The molecule has 1 N–H and O–H groups in total. The maximum Gasteiger partial charge on any atom is 0.322 e. The molecule has 1 aromatic carbocycles. The molecule has 144 valence electrons. The van der Waals surface area contributed by atoms with Gasteiger partial charge in [0.05, 0.1) is 18.3 Å². The van der Waals surface area contributed by atoms with Gasteiger partial charge in [-0.05, 0) is 52.9 Å². The lowest BCUT2D eigenvalue weighted by atomic mass is 10.1. The van der Waals surface area contributed by atoms with Crippen LogP contribution in [0, 0.1) is 0 Å². The lowest BCUT2D eigenvalue weighted by Crippen LogP contribution is -2.34. The summed E-state index contributed by atoms with van der Waals surface area (Å²) in [7, 11) is 0.